The van der Waals surface area contributed by atoms with Crippen molar-refractivity contribution in [1.29, 1.82) is 0 Å². The molecule has 7 heteroatoms. The van der Waals surface area contributed by atoms with Crippen molar-refractivity contribution in [1.82, 2.24) is 9.78 Å². The predicted octanol–water partition coefficient (Wildman–Crippen LogP) is 7.28. The Kier molecular flexibility index (Phi) is 5.75. The van der Waals surface area contributed by atoms with E-state index in [0.29, 0.717) is 0 Å². The highest BCUT2D eigenvalue weighted by atomic mass is 32.4. The van der Waals surface area contributed by atoms with E-state index in [1.807, 2.05) is 29.1 Å². The molecule has 0 spiro atoms. The number of hydrogen-bond acceptors (Lipinski definition) is 4. The molecule has 1 atom stereocenters. The van der Waals surface area contributed by atoms with Crippen molar-refractivity contribution < 1.29 is 0 Å². The number of fused-ring (bicyclic) bond motifs is 2. The first-order valence-electron chi connectivity index (χ1n) is 12.9. The van der Waals surface area contributed by atoms with Crippen molar-refractivity contribution in [3.63, 3.8) is 0 Å². The number of allylic oxidation sites excluding steroid dienone is 2. The average molecular weight is 538 g/mol. The molecular weight excluding hydrogens is 505 g/mol. The molecule has 38 heavy (non-hydrogen) atoms. The van der Waals surface area contributed by atoms with E-state index >= 15 is 0 Å². The second-order valence-corrected chi connectivity index (χ2v) is 14.8. The van der Waals surface area contributed by atoms with Crippen molar-refractivity contribution in [3.05, 3.63) is 106 Å². The summed E-state index contributed by atoms with van der Waals surface area (Å²) in [6.45, 7) is 10.9. The zero-order valence-electron chi connectivity index (χ0n) is 22.6. The molecule has 192 valence electrons. The minimum Gasteiger partial charge on any atom is -0.350 e. The Hall–Kier alpha value is -3.47. The van der Waals surface area contributed by atoms with Crippen LogP contribution in [-0.4, -0.2) is 23.0 Å². The van der Waals surface area contributed by atoms with Gasteiger partial charge in [-0.2, -0.15) is 5.10 Å². The van der Waals surface area contributed by atoms with Crippen LogP contribution in [0, 0.1) is 20.8 Å². The number of aliphatic imine (C=N–C) groups is 1. The second-order valence-electron chi connectivity index (χ2n) is 10.7. The maximum absolute atomic E-state index is 6.84. The number of hydrogen-bond donors (Lipinski definition) is 1. The molecule has 0 saturated heterocycles. The van der Waals surface area contributed by atoms with Gasteiger partial charge in [0.1, 0.15) is 0 Å². The third-order valence-electron chi connectivity index (χ3n) is 7.75. The maximum Gasteiger partial charge on any atom is 0.166 e. The second kappa shape index (κ2) is 8.79. The van der Waals surface area contributed by atoms with Crippen LogP contribution in [0.3, 0.4) is 0 Å². The summed E-state index contributed by atoms with van der Waals surface area (Å²) in [6, 6.07) is 25.3. The van der Waals surface area contributed by atoms with Crippen LogP contribution < -0.4 is 15.3 Å². The molecule has 2 aliphatic rings. The van der Waals surface area contributed by atoms with Gasteiger partial charge in [-0.1, -0.05) is 74.2 Å². The summed E-state index contributed by atoms with van der Waals surface area (Å²) in [5, 5.41) is 11.0. The summed E-state index contributed by atoms with van der Waals surface area (Å²) in [5.41, 5.74) is 8.79. The van der Waals surface area contributed by atoms with Crippen LogP contribution in [0.2, 0.25) is 0 Å². The van der Waals surface area contributed by atoms with Crippen molar-refractivity contribution >= 4 is 46.7 Å². The van der Waals surface area contributed by atoms with Gasteiger partial charge >= 0.3 is 0 Å². The SMILES string of the molecule is Cc1ccc(C)c(NP2(=S)C(=C3N(C)c4ccccc4C3(C)C)C=Nc3c2c(C)nn3-c2ccccc2)c1. The first-order chi connectivity index (χ1) is 18.1. The summed E-state index contributed by atoms with van der Waals surface area (Å²) in [6.07, 6.45) is -0.611. The van der Waals surface area contributed by atoms with Crippen molar-refractivity contribution in [2.24, 2.45) is 4.99 Å². The fourth-order valence-corrected chi connectivity index (χ4v) is 10.1. The van der Waals surface area contributed by atoms with Gasteiger partial charge in [0.15, 0.2) is 5.82 Å². The Bertz CT molecular complexity index is 1700. The van der Waals surface area contributed by atoms with Crippen LogP contribution in [0.4, 0.5) is 17.2 Å². The molecule has 4 aromatic rings. The molecule has 1 N–H and O–H groups in total. The lowest BCUT2D eigenvalue weighted by molar-refractivity contribution is 0.639. The predicted molar refractivity (Wildman–Crippen MR) is 165 cm³/mol. The van der Waals surface area contributed by atoms with E-state index in [-0.39, 0.29) is 5.41 Å². The van der Waals surface area contributed by atoms with Crippen LogP contribution >= 0.6 is 6.19 Å². The Morgan fingerprint density at radius 2 is 1.63 bits per heavy atom. The number of para-hydroxylation sites is 2. The number of nitrogens with one attached hydrogen (secondary N) is 1. The minimum atomic E-state index is -2.63. The topological polar surface area (TPSA) is 45.4 Å². The fraction of sp³-hybridized carbons (Fsp3) is 0.226. The van der Waals surface area contributed by atoms with Crippen molar-refractivity contribution in [2.45, 2.75) is 40.0 Å². The van der Waals surface area contributed by atoms with Gasteiger partial charge in [-0.3, -0.25) is 0 Å². The number of aromatic nitrogens is 2. The Morgan fingerprint density at radius 1 is 0.921 bits per heavy atom. The number of rotatable bonds is 3. The number of benzene rings is 3. The largest absolute Gasteiger partial charge is 0.350 e. The minimum absolute atomic E-state index is 0.235. The molecule has 5 nitrogen and oxygen atoms in total. The highest BCUT2D eigenvalue weighted by Gasteiger charge is 2.45. The van der Waals surface area contributed by atoms with Crippen LogP contribution in [-0.2, 0) is 17.2 Å². The normalized spacial score (nSPS) is 21.4. The molecule has 1 unspecified atom stereocenters. The number of aryl methyl sites for hydroxylation is 3. The molecule has 3 heterocycles. The zero-order valence-corrected chi connectivity index (χ0v) is 24.4. The van der Waals surface area contributed by atoms with Gasteiger partial charge in [-0.25, -0.2) is 9.67 Å². The first kappa shape index (κ1) is 24.8. The molecule has 0 saturated carbocycles. The standard InChI is InChI=1S/C31H32N5PS/c1-20-16-17-21(2)25(18-20)34-37(38)27(29-31(4,5)24-14-10-11-15-26(24)35(29)6)19-32-30-28(37)22(3)33-36(30)23-12-8-7-9-13-23/h7-19H,1-6H3,(H,34,38). The molecule has 6 rings (SSSR count). The van der Waals surface area contributed by atoms with Crippen LogP contribution in [0.15, 0.2) is 88.8 Å². The van der Waals surface area contributed by atoms with Gasteiger partial charge in [-0.15, -0.1) is 0 Å². The van der Waals surface area contributed by atoms with E-state index in [1.165, 1.54) is 28.1 Å². The number of likely N-dealkylation sites (N-methyl/N-ethyl adjacent to an activating group) is 1. The smallest absolute Gasteiger partial charge is 0.166 e. The molecule has 0 radical (unpaired) electrons. The third kappa shape index (κ3) is 3.62. The van der Waals surface area contributed by atoms with Gasteiger partial charge in [0.05, 0.1) is 22.9 Å². The lowest BCUT2D eigenvalue weighted by Gasteiger charge is -2.35. The molecule has 0 bridgehead atoms. The lowest BCUT2D eigenvalue weighted by atomic mass is 9.84. The van der Waals surface area contributed by atoms with Gasteiger partial charge in [0.2, 0.25) is 0 Å². The zero-order chi connectivity index (χ0) is 26.8. The third-order valence-corrected chi connectivity index (χ3v) is 11.9. The van der Waals surface area contributed by atoms with Crippen LogP contribution in [0.25, 0.3) is 5.69 Å². The molecule has 1 aromatic heterocycles. The molecule has 0 amide bonds. The summed E-state index contributed by atoms with van der Waals surface area (Å²) in [7, 11) is 2.15. The summed E-state index contributed by atoms with van der Waals surface area (Å²) < 4.78 is 1.94. The van der Waals surface area contributed by atoms with Gasteiger partial charge in [0, 0.05) is 41.1 Å². The monoisotopic (exact) mass is 537 g/mol. The summed E-state index contributed by atoms with van der Waals surface area (Å²) >= 11 is 6.84. The van der Waals surface area contributed by atoms with E-state index in [1.54, 1.807) is 0 Å². The average Bonchev–Trinajstić information content (AvgIpc) is 3.34. The molecule has 0 aliphatic carbocycles. The maximum atomic E-state index is 6.84. The Labute approximate surface area is 230 Å². The van der Waals surface area contributed by atoms with Crippen LogP contribution in [0.1, 0.15) is 36.2 Å². The molecule has 2 aliphatic heterocycles. The van der Waals surface area contributed by atoms with Gasteiger partial charge in [0.25, 0.3) is 0 Å². The fourth-order valence-electron chi connectivity index (χ4n) is 5.87. The summed E-state index contributed by atoms with van der Waals surface area (Å²) in [4.78, 5) is 7.38. The highest BCUT2D eigenvalue weighted by Crippen LogP contribution is 2.62. The van der Waals surface area contributed by atoms with Gasteiger partial charge in [-0.05, 0) is 61.7 Å². The first-order valence-corrected chi connectivity index (χ1v) is 15.7. The highest BCUT2D eigenvalue weighted by molar-refractivity contribution is 8.21. The Morgan fingerprint density at radius 3 is 2.37 bits per heavy atom. The molecule has 3 aromatic carbocycles. The van der Waals surface area contributed by atoms with Crippen molar-refractivity contribution in [2.75, 3.05) is 17.0 Å². The van der Waals surface area contributed by atoms with Crippen molar-refractivity contribution in [3.8, 4) is 5.69 Å². The van der Waals surface area contributed by atoms with Gasteiger partial charge < -0.3 is 9.99 Å². The number of anilines is 2. The van der Waals surface area contributed by atoms with E-state index in [2.05, 4.69) is 106 Å². The van der Waals surface area contributed by atoms with E-state index in [0.717, 1.165) is 33.5 Å². The van der Waals surface area contributed by atoms with E-state index in [4.69, 9.17) is 21.9 Å². The number of nitrogens with zero attached hydrogens (tertiary/aromatic N) is 4. The Balaban J connectivity index is 1.65. The summed E-state index contributed by atoms with van der Waals surface area (Å²) in [5.74, 6) is 0.815. The lowest BCUT2D eigenvalue weighted by Crippen LogP contribution is -2.29. The van der Waals surface area contributed by atoms with Crippen LogP contribution in [0.5, 0.6) is 0 Å². The molecule has 0 fully saturated rings. The van der Waals surface area contributed by atoms with E-state index in [9.17, 15) is 0 Å². The molecular formula is C31H32N5PS. The van der Waals surface area contributed by atoms with E-state index < -0.39 is 6.19 Å². The quantitative estimate of drug-likeness (QED) is 0.279.